The first-order chi connectivity index (χ1) is 8.88. The van der Waals surface area contributed by atoms with Crippen molar-refractivity contribution in [1.29, 1.82) is 0 Å². The molecule has 3 heteroatoms. The van der Waals surface area contributed by atoms with Gasteiger partial charge in [-0.15, -0.1) is 4.57 Å². The molecule has 4 rings (SSSR count). The lowest BCUT2D eigenvalue weighted by Crippen LogP contribution is -2.41. The normalized spacial score (nSPS) is 12.9. The van der Waals surface area contributed by atoms with Crippen molar-refractivity contribution in [1.82, 2.24) is 0 Å². The Bertz CT molecular complexity index is 780. The van der Waals surface area contributed by atoms with E-state index in [1.165, 1.54) is 21.7 Å². The molecule has 0 radical (unpaired) electrons. The van der Waals surface area contributed by atoms with Crippen LogP contribution in [0.1, 0.15) is 0 Å². The van der Waals surface area contributed by atoms with E-state index >= 15 is 0 Å². The summed E-state index contributed by atoms with van der Waals surface area (Å²) in [5, 5.41) is 3.57. The molecular weight excluding hydrogens is 226 g/mol. The summed E-state index contributed by atoms with van der Waals surface area (Å²) in [5.41, 5.74) is 1.19. The largest absolute Gasteiger partial charge is 0.448 e. The number of benzene rings is 2. The summed E-state index contributed by atoms with van der Waals surface area (Å²) < 4.78 is 13.3. The highest BCUT2D eigenvalue weighted by Crippen LogP contribution is 2.34. The lowest BCUT2D eigenvalue weighted by Gasteiger charge is -2.15. The number of ether oxygens (including phenoxy) is 2. The predicted octanol–water partition coefficient (Wildman–Crippen LogP) is 2.64. The van der Waals surface area contributed by atoms with Crippen molar-refractivity contribution in [3.8, 4) is 11.6 Å². The number of rotatable bonds is 1. The van der Waals surface area contributed by atoms with Crippen LogP contribution >= 0.6 is 0 Å². The van der Waals surface area contributed by atoms with E-state index in [-0.39, 0.29) is 0 Å². The summed E-state index contributed by atoms with van der Waals surface area (Å²) in [6.45, 7) is 0.497. The quantitative estimate of drug-likeness (QED) is 0.480. The van der Waals surface area contributed by atoms with E-state index in [1.807, 2.05) is 18.2 Å². The number of hydrogen-bond donors (Lipinski definition) is 0. The summed E-state index contributed by atoms with van der Waals surface area (Å²) in [6, 6.07) is 14.5. The minimum absolute atomic E-state index is 0.497. The van der Waals surface area contributed by atoms with Gasteiger partial charge in [0.15, 0.2) is 0 Å². The van der Waals surface area contributed by atoms with E-state index in [9.17, 15) is 0 Å². The molecule has 0 N–H and O–H groups in total. The molecular formula is C15H12NO2+. The molecule has 0 saturated heterocycles. The molecule has 0 fully saturated rings. The van der Waals surface area contributed by atoms with Gasteiger partial charge in [0, 0.05) is 5.39 Å². The van der Waals surface area contributed by atoms with Crippen LogP contribution in [0.15, 0.2) is 42.5 Å². The van der Waals surface area contributed by atoms with Gasteiger partial charge in [-0.1, -0.05) is 18.2 Å². The number of aromatic nitrogens is 1. The van der Waals surface area contributed by atoms with Crippen LogP contribution in [0.25, 0.3) is 21.7 Å². The predicted molar refractivity (Wildman–Crippen MR) is 68.8 cm³/mol. The number of hydrogen-bond acceptors (Lipinski definition) is 2. The monoisotopic (exact) mass is 238 g/mol. The zero-order chi connectivity index (χ0) is 12.1. The summed E-state index contributed by atoms with van der Waals surface area (Å²) in [6.07, 6.45) is 0. The average Bonchev–Trinajstić information content (AvgIpc) is 2.44. The molecule has 0 atom stereocenters. The molecule has 0 bridgehead atoms. The lowest BCUT2D eigenvalue weighted by atomic mass is 10.0. The van der Waals surface area contributed by atoms with Crippen LogP contribution in [0.2, 0.25) is 0 Å². The van der Waals surface area contributed by atoms with Gasteiger partial charge >= 0.3 is 5.88 Å². The third-order valence-corrected chi connectivity index (χ3v) is 3.51. The summed E-state index contributed by atoms with van der Waals surface area (Å²) >= 11 is 0. The fourth-order valence-corrected chi connectivity index (χ4v) is 2.69. The fraction of sp³-hybridized carbons (Fsp3) is 0.133. The molecule has 0 saturated carbocycles. The molecule has 0 aliphatic carbocycles. The number of nitrogens with zero attached hydrogens (tertiary/aromatic N) is 1. The Labute approximate surface area is 104 Å². The standard InChI is InChI=1S/C15H12NO2/c1-17-13-8-7-11-6-5-10-3-2-4-12-14(10)15(11)16(13)9-18-12/h2-8H,9H2,1H3/q+1. The van der Waals surface area contributed by atoms with Crippen molar-refractivity contribution in [3.63, 3.8) is 0 Å². The van der Waals surface area contributed by atoms with Gasteiger partial charge in [-0.3, -0.25) is 0 Å². The molecule has 0 amide bonds. The van der Waals surface area contributed by atoms with E-state index in [4.69, 9.17) is 9.47 Å². The van der Waals surface area contributed by atoms with Crippen LogP contribution in [0.3, 0.4) is 0 Å². The molecule has 2 heterocycles. The van der Waals surface area contributed by atoms with Gasteiger partial charge in [-0.05, 0) is 23.6 Å². The number of pyridine rings is 1. The van der Waals surface area contributed by atoms with Crippen LogP contribution in [0.4, 0.5) is 0 Å². The Balaban J connectivity index is 2.31. The van der Waals surface area contributed by atoms with Crippen molar-refractivity contribution in [2.75, 3.05) is 7.11 Å². The number of methoxy groups -OCH3 is 1. The first kappa shape index (κ1) is 9.71. The first-order valence-electron chi connectivity index (χ1n) is 5.93. The third kappa shape index (κ3) is 1.11. The highest BCUT2D eigenvalue weighted by atomic mass is 16.5. The van der Waals surface area contributed by atoms with Crippen molar-refractivity contribution in [2.45, 2.75) is 6.73 Å². The minimum Gasteiger partial charge on any atom is -0.448 e. The maximum atomic E-state index is 5.81. The molecule has 0 unspecified atom stereocenters. The van der Waals surface area contributed by atoms with Crippen molar-refractivity contribution in [3.05, 3.63) is 42.5 Å². The van der Waals surface area contributed by atoms with Gasteiger partial charge < -0.3 is 9.47 Å². The molecule has 1 aliphatic rings. The molecule has 2 aromatic carbocycles. The minimum atomic E-state index is 0.497. The first-order valence-corrected chi connectivity index (χ1v) is 5.93. The Kier molecular flexibility index (Phi) is 1.81. The molecule has 0 spiro atoms. The lowest BCUT2D eigenvalue weighted by molar-refractivity contribution is -0.705. The zero-order valence-corrected chi connectivity index (χ0v) is 10.0. The van der Waals surface area contributed by atoms with E-state index in [0.29, 0.717) is 6.73 Å². The van der Waals surface area contributed by atoms with Gasteiger partial charge in [0.05, 0.1) is 18.6 Å². The molecule has 3 nitrogen and oxygen atoms in total. The van der Waals surface area contributed by atoms with Gasteiger partial charge in [-0.2, -0.15) is 0 Å². The molecule has 88 valence electrons. The topological polar surface area (TPSA) is 22.3 Å². The smallest absolute Gasteiger partial charge is 0.371 e. The average molecular weight is 238 g/mol. The van der Waals surface area contributed by atoms with Gasteiger partial charge in [0.25, 0.3) is 6.73 Å². The zero-order valence-electron chi connectivity index (χ0n) is 10.0. The Morgan fingerprint density at radius 3 is 2.78 bits per heavy atom. The van der Waals surface area contributed by atoms with Gasteiger partial charge in [-0.25, -0.2) is 0 Å². The maximum Gasteiger partial charge on any atom is 0.371 e. The third-order valence-electron chi connectivity index (χ3n) is 3.51. The van der Waals surface area contributed by atoms with Crippen LogP contribution in [0.5, 0.6) is 11.6 Å². The van der Waals surface area contributed by atoms with E-state index in [0.717, 1.165) is 11.6 Å². The van der Waals surface area contributed by atoms with Crippen molar-refractivity contribution in [2.24, 2.45) is 0 Å². The Morgan fingerprint density at radius 2 is 1.89 bits per heavy atom. The summed E-state index contributed by atoms with van der Waals surface area (Å²) in [5.74, 6) is 1.77. The molecule has 1 aliphatic heterocycles. The highest BCUT2D eigenvalue weighted by molar-refractivity contribution is 6.07. The summed E-state index contributed by atoms with van der Waals surface area (Å²) in [4.78, 5) is 0. The van der Waals surface area contributed by atoms with Crippen LogP contribution in [-0.2, 0) is 6.73 Å². The highest BCUT2D eigenvalue weighted by Gasteiger charge is 2.25. The fourth-order valence-electron chi connectivity index (χ4n) is 2.69. The maximum absolute atomic E-state index is 5.81. The Hall–Kier alpha value is -2.29. The molecule has 1 aromatic heterocycles. The SMILES string of the molecule is COc1ccc2ccc3cccc4c3c2[n+]1CO4. The van der Waals surface area contributed by atoms with Crippen molar-refractivity contribution >= 4 is 21.7 Å². The van der Waals surface area contributed by atoms with E-state index in [1.54, 1.807) is 7.11 Å². The van der Waals surface area contributed by atoms with Gasteiger partial charge in [0.2, 0.25) is 5.52 Å². The van der Waals surface area contributed by atoms with Gasteiger partial charge in [0.1, 0.15) is 5.75 Å². The molecule has 18 heavy (non-hydrogen) atoms. The van der Waals surface area contributed by atoms with E-state index < -0.39 is 0 Å². The second-order valence-electron chi connectivity index (χ2n) is 4.43. The molecule has 3 aromatic rings. The van der Waals surface area contributed by atoms with E-state index in [2.05, 4.69) is 28.8 Å². The second kappa shape index (κ2) is 3.35. The summed E-state index contributed by atoms with van der Waals surface area (Å²) in [7, 11) is 1.69. The Morgan fingerprint density at radius 1 is 1.06 bits per heavy atom. The van der Waals surface area contributed by atoms with Crippen LogP contribution < -0.4 is 14.0 Å². The van der Waals surface area contributed by atoms with Crippen LogP contribution in [0, 0.1) is 0 Å². The second-order valence-corrected chi connectivity index (χ2v) is 4.43. The van der Waals surface area contributed by atoms with Crippen molar-refractivity contribution < 1.29 is 14.0 Å². The van der Waals surface area contributed by atoms with Crippen LogP contribution in [-0.4, -0.2) is 7.11 Å².